The quantitative estimate of drug-likeness (QED) is 0.438. The molecule has 0 aliphatic heterocycles. The number of hydrogen-bond donors (Lipinski definition) is 3. The van der Waals surface area contributed by atoms with Crippen molar-refractivity contribution < 1.29 is 19.4 Å². The third kappa shape index (κ3) is 9.05. The van der Waals surface area contributed by atoms with Gasteiger partial charge in [0.2, 0.25) is 5.91 Å². The smallest absolute Gasteiger partial charge is 0.236 e. The molecule has 102 valence electrons. The van der Waals surface area contributed by atoms with Crippen molar-refractivity contribution in [2.24, 2.45) is 0 Å². The molecular formula is C11H24N2O4. The fraction of sp³-hybridized carbons (Fsp3) is 0.909. The van der Waals surface area contributed by atoms with E-state index >= 15 is 0 Å². The van der Waals surface area contributed by atoms with Crippen molar-refractivity contribution in [3.63, 3.8) is 0 Å². The molecule has 0 aromatic carbocycles. The van der Waals surface area contributed by atoms with Crippen LogP contribution in [0, 0.1) is 0 Å². The third-order valence-corrected chi connectivity index (χ3v) is 2.17. The Morgan fingerprint density at radius 2 is 2.18 bits per heavy atom. The summed E-state index contributed by atoms with van der Waals surface area (Å²) in [6.45, 7) is 5.78. The van der Waals surface area contributed by atoms with Crippen LogP contribution in [0.15, 0.2) is 0 Å². The van der Waals surface area contributed by atoms with E-state index in [2.05, 4.69) is 10.6 Å². The maximum absolute atomic E-state index is 11.5. The van der Waals surface area contributed by atoms with E-state index in [-0.39, 0.29) is 18.6 Å². The number of carbonyl (C=O) groups is 1. The van der Waals surface area contributed by atoms with Gasteiger partial charge in [-0.3, -0.25) is 4.79 Å². The van der Waals surface area contributed by atoms with Crippen LogP contribution in [0.5, 0.6) is 0 Å². The maximum Gasteiger partial charge on any atom is 0.236 e. The molecule has 6 nitrogen and oxygen atoms in total. The first-order valence-electron chi connectivity index (χ1n) is 5.87. The molecule has 0 aliphatic rings. The van der Waals surface area contributed by atoms with Crippen LogP contribution < -0.4 is 10.6 Å². The van der Waals surface area contributed by atoms with Gasteiger partial charge < -0.3 is 25.2 Å². The molecule has 0 fully saturated rings. The molecule has 0 aromatic heterocycles. The summed E-state index contributed by atoms with van der Waals surface area (Å²) in [5, 5.41) is 15.1. The van der Waals surface area contributed by atoms with E-state index in [1.165, 1.54) is 0 Å². The second-order valence-corrected chi connectivity index (χ2v) is 3.73. The van der Waals surface area contributed by atoms with Crippen LogP contribution in [0.2, 0.25) is 0 Å². The van der Waals surface area contributed by atoms with Gasteiger partial charge in [0.25, 0.3) is 0 Å². The van der Waals surface area contributed by atoms with Gasteiger partial charge in [-0.1, -0.05) is 0 Å². The van der Waals surface area contributed by atoms with Gasteiger partial charge in [0, 0.05) is 26.8 Å². The minimum absolute atomic E-state index is 0.106. The van der Waals surface area contributed by atoms with Gasteiger partial charge in [0.05, 0.1) is 25.4 Å². The standard InChI is InChI=1S/C11H24N2O4/c1-4-17-8-10(14)7-13-9(2)11(15)12-5-6-16-3/h9-10,13-14H,4-8H2,1-3H3,(H,12,15). The molecule has 6 heteroatoms. The Bertz CT molecular complexity index is 202. The summed E-state index contributed by atoms with van der Waals surface area (Å²) < 4.78 is 9.88. The van der Waals surface area contributed by atoms with Crippen LogP contribution in [0.3, 0.4) is 0 Å². The summed E-state index contributed by atoms with van der Waals surface area (Å²) in [6.07, 6.45) is -0.593. The maximum atomic E-state index is 11.5. The summed E-state index contributed by atoms with van der Waals surface area (Å²) in [5.74, 6) is -0.106. The van der Waals surface area contributed by atoms with E-state index in [1.54, 1.807) is 14.0 Å². The van der Waals surface area contributed by atoms with Crippen molar-refractivity contribution in [3.05, 3.63) is 0 Å². The molecule has 0 rings (SSSR count). The Balaban J connectivity index is 3.62. The first-order valence-corrected chi connectivity index (χ1v) is 5.87. The van der Waals surface area contributed by atoms with Gasteiger partial charge in [0.1, 0.15) is 0 Å². The second kappa shape index (κ2) is 10.5. The van der Waals surface area contributed by atoms with E-state index in [9.17, 15) is 9.90 Å². The van der Waals surface area contributed by atoms with Gasteiger partial charge in [-0.15, -0.1) is 0 Å². The summed E-state index contributed by atoms with van der Waals surface area (Å²) in [7, 11) is 1.58. The summed E-state index contributed by atoms with van der Waals surface area (Å²) >= 11 is 0. The fourth-order valence-corrected chi connectivity index (χ4v) is 1.15. The Kier molecular flexibility index (Phi) is 10.0. The van der Waals surface area contributed by atoms with Crippen molar-refractivity contribution >= 4 is 5.91 Å². The van der Waals surface area contributed by atoms with Crippen LogP contribution in [-0.2, 0) is 14.3 Å². The average molecular weight is 248 g/mol. The molecule has 0 spiro atoms. The Hall–Kier alpha value is -0.690. The lowest BCUT2D eigenvalue weighted by Crippen LogP contribution is -2.46. The van der Waals surface area contributed by atoms with Crippen LogP contribution in [-0.4, -0.2) is 63.2 Å². The second-order valence-electron chi connectivity index (χ2n) is 3.73. The fourth-order valence-electron chi connectivity index (χ4n) is 1.15. The molecule has 2 unspecified atom stereocenters. The number of rotatable bonds is 10. The lowest BCUT2D eigenvalue weighted by Gasteiger charge is -2.16. The molecule has 0 saturated heterocycles. The molecule has 0 saturated carbocycles. The molecule has 1 amide bonds. The predicted octanol–water partition coefficient (Wildman–Crippen LogP) is -0.875. The molecule has 0 bridgehead atoms. The normalized spacial score (nSPS) is 14.4. The Labute approximate surface area is 103 Å². The minimum atomic E-state index is -0.593. The monoisotopic (exact) mass is 248 g/mol. The zero-order valence-electron chi connectivity index (χ0n) is 10.9. The van der Waals surface area contributed by atoms with Crippen molar-refractivity contribution in [2.45, 2.75) is 26.0 Å². The van der Waals surface area contributed by atoms with Gasteiger partial charge in [-0.05, 0) is 13.8 Å². The molecule has 17 heavy (non-hydrogen) atoms. The number of ether oxygens (including phenoxy) is 2. The molecule has 2 atom stereocenters. The van der Waals surface area contributed by atoms with Crippen LogP contribution in [0.1, 0.15) is 13.8 Å². The molecular weight excluding hydrogens is 224 g/mol. The molecule has 0 aliphatic carbocycles. The molecule has 0 radical (unpaired) electrons. The molecule has 3 N–H and O–H groups in total. The highest BCUT2D eigenvalue weighted by molar-refractivity contribution is 5.81. The first-order chi connectivity index (χ1) is 8.11. The third-order valence-electron chi connectivity index (χ3n) is 2.17. The number of methoxy groups -OCH3 is 1. The van der Waals surface area contributed by atoms with Crippen LogP contribution >= 0.6 is 0 Å². The number of aliphatic hydroxyl groups excluding tert-OH is 1. The SMILES string of the molecule is CCOCC(O)CNC(C)C(=O)NCCOC. The lowest BCUT2D eigenvalue weighted by atomic mass is 10.3. The van der Waals surface area contributed by atoms with Gasteiger partial charge in [-0.25, -0.2) is 0 Å². The first kappa shape index (κ1) is 16.3. The number of aliphatic hydroxyl groups is 1. The number of hydrogen-bond acceptors (Lipinski definition) is 5. The Morgan fingerprint density at radius 1 is 1.47 bits per heavy atom. The summed E-state index contributed by atoms with van der Waals surface area (Å²) in [6, 6.07) is -0.344. The zero-order valence-corrected chi connectivity index (χ0v) is 10.9. The highest BCUT2D eigenvalue weighted by Crippen LogP contribution is 1.87. The van der Waals surface area contributed by atoms with Gasteiger partial charge in [0.15, 0.2) is 0 Å². The predicted molar refractivity (Wildman–Crippen MR) is 64.9 cm³/mol. The topological polar surface area (TPSA) is 79.8 Å². The Morgan fingerprint density at radius 3 is 2.76 bits per heavy atom. The number of carbonyl (C=O) groups excluding carboxylic acids is 1. The highest BCUT2D eigenvalue weighted by Gasteiger charge is 2.13. The van der Waals surface area contributed by atoms with Gasteiger partial charge >= 0.3 is 0 Å². The van der Waals surface area contributed by atoms with Crippen LogP contribution in [0.4, 0.5) is 0 Å². The minimum Gasteiger partial charge on any atom is -0.389 e. The van der Waals surface area contributed by atoms with Crippen LogP contribution in [0.25, 0.3) is 0 Å². The van der Waals surface area contributed by atoms with Crippen molar-refractivity contribution in [2.75, 3.05) is 40.0 Å². The van der Waals surface area contributed by atoms with Gasteiger partial charge in [-0.2, -0.15) is 0 Å². The largest absolute Gasteiger partial charge is 0.389 e. The van der Waals surface area contributed by atoms with E-state index in [1.807, 2.05) is 6.92 Å². The van der Waals surface area contributed by atoms with E-state index < -0.39 is 6.10 Å². The average Bonchev–Trinajstić information content (AvgIpc) is 2.33. The van der Waals surface area contributed by atoms with Crippen molar-refractivity contribution in [1.29, 1.82) is 0 Å². The lowest BCUT2D eigenvalue weighted by molar-refractivity contribution is -0.123. The molecule has 0 heterocycles. The summed E-state index contributed by atoms with van der Waals surface area (Å²) in [5.41, 5.74) is 0. The number of amides is 1. The van der Waals surface area contributed by atoms with E-state index in [4.69, 9.17) is 9.47 Å². The summed E-state index contributed by atoms with van der Waals surface area (Å²) in [4.78, 5) is 11.5. The van der Waals surface area contributed by atoms with E-state index in [0.29, 0.717) is 26.3 Å². The number of nitrogens with one attached hydrogen (secondary N) is 2. The highest BCUT2D eigenvalue weighted by atomic mass is 16.5. The van der Waals surface area contributed by atoms with Crippen molar-refractivity contribution in [3.8, 4) is 0 Å². The zero-order chi connectivity index (χ0) is 13.1. The van der Waals surface area contributed by atoms with Crippen molar-refractivity contribution in [1.82, 2.24) is 10.6 Å². The van der Waals surface area contributed by atoms with E-state index in [0.717, 1.165) is 0 Å². The molecule has 0 aromatic rings.